The van der Waals surface area contributed by atoms with Crippen LogP contribution in [-0.4, -0.2) is 43.0 Å². The standard InChI is InChI=1S/C24H32N2O2/c1-25(18-21-6-4-3-5-7-21)24(27)13-10-20-14-16-26(17-15-20)19-22-8-11-23(28-2)12-9-22/h3-9,11-12,20H,10,13-19H2,1-2H3. The number of benzene rings is 2. The summed E-state index contributed by atoms with van der Waals surface area (Å²) in [6, 6.07) is 18.5. The first kappa shape index (κ1) is 20.4. The Morgan fingerprint density at radius 1 is 1.04 bits per heavy atom. The summed E-state index contributed by atoms with van der Waals surface area (Å²) < 4.78 is 5.22. The predicted octanol–water partition coefficient (Wildman–Crippen LogP) is 4.35. The molecule has 0 saturated carbocycles. The molecule has 0 N–H and O–H groups in total. The molecule has 1 saturated heterocycles. The Morgan fingerprint density at radius 2 is 1.71 bits per heavy atom. The summed E-state index contributed by atoms with van der Waals surface area (Å²) in [6.45, 7) is 3.92. The van der Waals surface area contributed by atoms with Crippen molar-refractivity contribution in [3.05, 3.63) is 65.7 Å². The van der Waals surface area contributed by atoms with E-state index in [0.29, 0.717) is 18.9 Å². The zero-order valence-corrected chi connectivity index (χ0v) is 17.1. The molecule has 1 heterocycles. The summed E-state index contributed by atoms with van der Waals surface area (Å²) in [6.07, 6.45) is 4.04. The van der Waals surface area contributed by atoms with Gasteiger partial charge >= 0.3 is 0 Å². The number of ether oxygens (including phenoxy) is 1. The van der Waals surface area contributed by atoms with Crippen LogP contribution in [0.15, 0.2) is 54.6 Å². The van der Waals surface area contributed by atoms with E-state index in [4.69, 9.17) is 4.74 Å². The maximum absolute atomic E-state index is 12.5. The molecule has 28 heavy (non-hydrogen) atoms. The molecule has 0 radical (unpaired) electrons. The minimum atomic E-state index is 0.254. The van der Waals surface area contributed by atoms with Gasteiger partial charge in [-0.05, 0) is 61.5 Å². The summed E-state index contributed by atoms with van der Waals surface area (Å²) >= 11 is 0. The molecule has 0 spiro atoms. The van der Waals surface area contributed by atoms with Crippen molar-refractivity contribution >= 4 is 5.91 Å². The van der Waals surface area contributed by atoms with Gasteiger partial charge in [0.1, 0.15) is 5.75 Å². The highest BCUT2D eigenvalue weighted by molar-refractivity contribution is 5.75. The van der Waals surface area contributed by atoms with E-state index in [1.54, 1.807) is 7.11 Å². The molecule has 2 aromatic carbocycles. The number of piperidine rings is 1. The van der Waals surface area contributed by atoms with Crippen molar-refractivity contribution in [3.8, 4) is 5.75 Å². The lowest BCUT2D eigenvalue weighted by Crippen LogP contribution is -2.34. The minimum absolute atomic E-state index is 0.254. The van der Waals surface area contributed by atoms with Gasteiger partial charge in [-0.15, -0.1) is 0 Å². The molecule has 0 aromatic heterocycles. The van der Waals surface area contributed by atoms with E-state index in [9.17, 15) is 4.79 Å². The molecule has 3 rings (SSSR count). The number of carbonyl (C=O) groups excluding carboxylic acids is 1. The molecular weight excluding hydrogens is 348 g/mol. The van der Waals surface area contributed by atoms with Gasteiger partial charge < -0.3 is 9.64 Å². The Balaban J connectivity index is 1.36. The molecule has 0 bridgehead atoms. The molecule has 1 aliphatic rings. The summed E-state index contributed by atoms with van der Waals surface area (Å²) in [5.41, 5.74) is 2.52. The Labute approximate surface area is 169 Å². The number of carbonyl (C=O) groups is 1. The monoisotopic (exact) mass is 380 g/mol. The third-order valence-corrected chi connectivity index (χ3v) is 5.73. The largest absolute Gasteiger partial charge is 0.497 e. The first-order chi connectivity index (χ1) is 13.6. The molecule has 4 heteroatoms. The molecule has 1 amide bonds. The second-order valence-electron chi connectivity index (χ2n) is 7.84. The molecule has 0 aliphatic carbocycles. The minimum Gasteiger partial charge on any atom is -0.497 e. The zero-order valence-electron chi connectivity index (χ0n) is 17.1. The average Bonchev–Trinajstić information content (AvgIpc) is 2.74. The Hall–Kier alpha value is -2.33. The summed E-state index contributed by atoms with van der Waals surface area (Å²) in [5.74, 6) is 1.83. The molecule has 150 valence electrons. The first-order valence-electron chi connectivity index (χ1n) is 10.3. The SMILES string of the molecule is COc1ccc(CN2CCC(CCC(=O)N(C)Cc3ccccc3)CC2)cc1. The lowest BCUT2D eigenvalue weighted by molar-refractivity contribution is -0.130. The number of hydrogen-bond donors (Lipinski definition) is 0. The molecule has 1 aliphatic heterocycles. The van der Waals surface area contributed by atoms with Gasteiger partial charge in [-0.3, -0.25) is 9.69 Å². The van der Waals surface area contributed by atoms with Crippen LogP contribution in [0.25, 0.3) is 0 Å². The van der Waals surface area contributed by atoms with Gasteiger partial charge in [0.2, 0.25) is 5.91 Å². The fourth-order valence-corrected chi connectivity index (χ4v) is 3.89. The Morgan fingerprint density at radius 3 is 2.36 bits per heavy atom. The highest BCUT2D eigenvalue weighted by Crippen LogP contribution is 2.24. The second kappa shape index (κ2) is 10.3. The van der Waals surface area contributed by atoms with E-state index >= 15 is 0 Å². The third kappa shape index (κ3) is 6.10. The van der Waals surface area contributed by atoms with Crippen LogP contribution in [0.1, 0.15) is 36.8 Å². The van der Waals surface area contributed by atoms with Gasteiger partial charge in [-0.1, -0.05) is 42.5 Å². The molecular formula is C24H32N2O2. The first-order valence-corrected chi connectivity index (χ1v) is 10.3. The van der Waals surface area contributed by atoms with E-state index in [-0.39, 0.29) is 5.91 Å². The lowest BCUT2D eigenvalue weighted by atomic mass is 9.91. The van der Waals surface area contributed by atoms with Crippen molar-refractivity contribution in [2.45, 2.75) is 38.8 Å². The second-order valence-corrected chi connectivity index (χ2v) is 7.84. The average molecular weight is 381 g/mol. The van der Waals surface area contributed by atoms with Crippen LogP contribution in [0, 0.1) is 5.92 Å². The lowest BCUT2D eigenvalue weighted by Gasteiger charge is -2.32. The van der Waals surface area contributed by atoms with Crippen LogP contribution in [-0.2, 0) is 17.9 Å². The van der Waals surface area contributed by atoms with Crippen molar-refractivity contribution in [2.24, 2.45) is 5.92 Å². The van der Waals surface area contributed by atoms with E-state index < -0.39 is 0 Å². The van der Waals surface area contributed by atoms with E-state index in [1.807, 2.05) is 42.3 Å². The van der Waals surface area contributed by atoms with Gasteiger partial charge in [-0.2, -0.15) is 0 Å². The quantitative estimate of drug-likeness (QED) is 0.683. The molecule has 2 aromatic rings. The highest BCUT2D eigenvalue weighted by Gasteiger charge is 2.21. The van der Waals surface area contributed by atoms with Crippen molar-refractivity contribution in [1.29, 1.82) is 0 Å². The number of nitrogens with zero attached hydrogens (tertiary/aromatic N) is 2. The molecule has 0 unspecified atom stereocenters. The van der Waals surface area contributed by atoms with Gasteiger partial charge in [0.05, 0.1) is 7.11 Å². The topological polar surface area (TPSA) is 32.8 Å². The number of methoxy groups -OCH3 is 1. The van der Waals surface area contributed by atoms with E-state index in [0.717, 1.165) is 31.8 Å². The van der Waals surface area contributed by atoms with Crippen LogP contribution < -0.4 is 4.74 Å². The number of likely N-dealkylation sites (tertiary alicyclic amines) is 1. The number of rotatable bonds is 8. The predicted molar refractivity (Wildman–Crippen MR) is 113 cm³/mol. The van der Waals surface area contributed by atoms with Crippen LogP contribution in [0.3, 0.4) is 0 Å². The van der Waals surface area contributed by atoms with Crippen LogP contribution in [0.4, 0.5) is 0 Å². The van der Waals surface area contributed by atoms with E-state index in [1.165, 1.54) is 24.0 Å². The van der Waals surface area contributed by atoms with Crippen LogP contribution in [0.5, 0.6) is 5.75 Å². The molecule has 1 fully saturated rings. The van der Waals surface area contributed by atoms with Crippen LogP contribution >= 0.6 is 0 Å². The Kier molecular flexibility index (Phi) is 7.49. The van der Waals surface area contributed by atoms with Gasteiger partial charge in [0, 0.05) is 26.6 Å². The van der Waals surface area contributed by atoms with Gasteiger partial charge in [-0.25, -0.2) is 0 Å². The summed E-state index contributed by atoms with van der Waals surface area (Å²) in [4.78, 5) is 16.8. The third-order valence-electron chi connectivity index (χ3n) is 5.73. The fraction of sp³-hybridized carbons (Fsp3) is 0.458. The van der Waals surface area contributed by atoms with Gasteiger partial charge in [0.15, 0.2) is 0 Å². The summed E-state index contributed by atoms with van der Waals surface area (Å²) in [7, 11) is 3.61. The smallest absolute Gasteiger partial charge is 0.222 e. The molecule has 4 nitrogen and oxygen atoms in total. The van der Waals surface area contributed by atoms with Gasteiger partial charge in [0.25, 0.3) is 0 Å². The van der Waals surface area contributed by atoms with Crippen molar-refractivity contribution < 1.29 is 9.53 Å². The van der Waals surface area contributed by atoms with Crippen LogP contribution in [0.2, 0.25) is 0 Å². The highest BCUT2D eigenvalue weighted by atomic mass is 16.5. The van der Waals surface area contributed by atoms with Crippen molar-refractivity contribution in [2.75, 3.05) is 27.2 Å². The maximum Gasteiger partial charge on any atom is 0.222 e. The maximum atomic E-state index is 12.5. The fourth-order valence-electron chi connectivity index (χ4n) is 3.89. The normalized spacial score (nSPS) is 15.4. The zero-order chi connectivity index (χ0) is 19.8. The number of amides is 1. The van der Waals surface area contributed by atoms with E-state index in [2.05, 4.69) is 29.2 Å². The summed E-state index contributed by atoms with van der Waals surface area (Å²) in [5, 5.41) is 0. The Bertz CT molecular complexity index is 722. The molecule has 0 atom stereocenters. The number of hydrogen-bond acceptors (Lipinski definition) is 3. The van der Waals surface area contributed by atoms with Crippen molar-refractivity contribution in [3.63, 3.8) is 0 Å². The van der Waals surface area contributed by atoms with Crippen molar-refractivity contribution in [1.82, 2.24) is 9.80 Å².